The highest BCUT2D eigenvalue weighted by atomic mass is 16.3. The van der Waals surface area contributed by atoms with Crippen LogP contribution in [0.4, 0.5) is 17.1 Å². The van der Waals surface area contributed by atoms with Crippen molar-refractivity contribution in [1.29, 1.82) is 0 Å². The molecule has 2 heteroatoms. The van der Waals surface area contributed by atoms with Gasteiger partial charge in [0.2, 0.25) is 0 Å². The second-order valence-electron chi connectivity index (χ2n) is 14.9. The van der Waals surface area contributed by atoms with E-state index in [-0.39, 0.29) is 0 Å². The van der Waals surface area contributed by atoms with E-state index < -0.39 is 0 Å². The van der Waals surface area contributed by atoms with Crippen LogP contribution in [-0.4, -0.2) is 0 Å². The summed E-state index contributed by atoms with van der Waals surface area (Å²) in [6.45, 7) is 0. The standard InChI is InChI=1S/C56H37NO/c1-3-13-38(14-4-1)40-25-30-44(31-26-40)57(45-32-27-41(28-33-45)39-15-5-2-6-16-39)46-34-36-50(53(37-46)49-22-11-19-42-17-7-9-20-47(42)49)51-23-12-24-54-55(51)52-35-29-43-18-8-10-21-48(43)56(52)58-54/h1-37H. The van der Waals surface area contributed by atoms with Gasteiger partial charge in [0.05, 0.1) is 0 Å². The molecule has 1 aromatic heterocycles. The molecule has 0 atom stereocenters. The van der Waals surface area contributed by atoms with Crippen LogP contribution in [0.15, 0.2) is 229 Å². The zero-order valence-electron chi connectivity index (χ0n) is 31.7. The van der Waals surface area contributed by atoms with Crippen molar-refractivity contribution in [3.8, 4) is 44.5 Å². The first kappa shape index (κ1) is 33.6. The van der Waals surface area contributed by atoms with E-state index >= 15 is 0 Å². The van der Waals surface area contributed by atoms with Gasteiger partial charge in [0.1, 0.15) is 11.2 Å². The maximum absolute atomic E-state index is 6.70. The smallest absolute Gasteiger partial charge is 0.143 e. The fourth-order valence-corrected chi connectivity index (χ4v) is 8.68. The predicted molar refractivity (Wildman–Crippen MR) is 245 cm³/mol. The van der Waals surface area contributed by atoms with Crippen molar-refractivity contribution >= 4 is 60.5 Å². The second-order valence-corrected chi connectivity index (χ2v) is 14.9. The molecule has 0 saturated carbocycles. The maximum atomic E-state index is 6.70. The Kier molecular flexibility index (Phi) is 8.19. The molecule has 10 aromatic carbocycles. The molecular formula is C56H37NO. The summed E-state index contributed by atoms with van der Waals surface area (Å²) in [5.41, 5.74) is 14.4. The molecule has 0 aliphatic carbocycles. The molecule has 58 heavy (non-hydrogen) atoms. The van der Waals surface area contributed by atoms with E-state index in [1.165, 1.54) is 44.0 Å². The molecule has 0 saturated heterocycles. The summed E-state index contributed by atoms with van der Waals surface area (Å²) in [5.74, 6) is 0. The number of hydrogen-bond donors (Lipinski definition) is 0. The summed E-state index contributed by atoms with van der Waals surface area (Å²) in [4.78, 5) is 2.38. The lowest BCUT2D eigenvalue weighted by Crippen LogP contribution is -2.10. The molecule has 0 spiro atoms. The topological polar surface area (TPSA) is 16.4 Å². The number of rotatable bonds is 7. The van der Waals surface area contributed by atoms with Crippen molar-refractivity contribution in [2.75, 3.05) is 4.90 Å². The normalized spacial score (nSPS) is 11.4. The number of anilines is 3. The van der Waals surface area contributed by atoms with Crippen LogP contribution in [-0.2, 0) is 0 Å². The molecule has 11 rings (SSSR count). The van der Waals surface area contributed by atoms with Gasteiger partial charge < -0.3 is 9.32 Å². The van der Waals surface area contributed by atoms with Gasteiger partial charge in [-0.05, 0) is 109 Å². The van der Waals surface area contributed by atoms with E-state index in [4.69, 9.17) is 4.42 Å². The third kappa shape index (κ3) is 5.82. The van der Waals surface area contributed by atoms with Crippen molar-refractivity contribution in [2.45, 2.75) is 0 Å². The van der Waals surface area contributed by atoms with E-state index in [0.717, 1.165) is 61.1 Å². The average Bonchev–Trinajstić information content (AvgIpc) is 3.70. The Balaban J connectivity index is 1.14. The molecule has 0 aliphatic heterocycles. The van der Waals surface area contributed by atoms with E-state index in [1.807, 2.05) is 0 Å². The Morgan fingerprint density at radius 2 is 0.810 bits per heavy atom. The number of hydrogen-bond acceptors (Lipinski definition) is 2. The van der Waals surface area contributed by atoms with Crippen molar-refractivity contribution in [3.63, 3.8) is 0 Å². The minimum absolute atomic E-state index is 0.885. The van der Waals surface area contributed by atoms with Crippen LogP contribution in [0.5, 0.6) is 0 Å². The molecule has 2 nitrogen and oxygen atoms in total. The van der Waals surface area contributed by atoms with E-state index in [1.54, 1.807) is 0 Å². The van der Waals surface area contributed by atoms with Crippen LogP contribution in [0.25, 0.3) is 88.0 Å². The minimum atomic E-state index is 0.885. The lowest BCUT2D eigenvalue weighted by molar-refractivity contribution is 0.673. The number of fused-ring (bicyclic) bond motifs is 6. The Morgan fingerprint density at radius 3 is 1.48 bits per heavy atom. The lowest BCUT2D eigenvalue weighted by Gasteiger charge is -2.27. The Labute approximate surface area is 337 Å². The van der Waals surface area contributed by atoms with Crippen LogP contribution in [0.3, 0.4) is 0 Å². The van der Waals surface area contributed by atoms with Gasteiger partial charge in [0, 0.05) is 33.2 Å². The first-order chi connectivity index (χ1) is 28.8. The fourth-order valence-electron chi connectivity index (χ4n) is 8.68. The average molecular weight is 740 g/mol. The summed E-state index contributed by atoms with van der Waals surface area (Å²) in [6.07, 6.45) is 0. The third-order valence-corrected chi connectivity index (χ3v) is 11.5. The van der Waals surface area contributed by atoms with Crippen LogP contribution >= 0.6 is 0 Å². The van der Waals surface area contributed by atoms with Crippen LogP contribution < -0.4 is 4.90 Å². The summed E-state index contributed by atoms with van der Waals surface area (Å²) in [7, 11) is 0. The molecule has 0 radical (unpaired) electrons. The zero-order chi connectivity index (χ0) is 38.4. The Morgan fingerprint density at radius 1 is 0.293 bits per heavy atom. The summed E-state index contributed by atoms with van der Waals surface area (Å²) < 4.78 is 6.70. The molecule has 0 aliphatic rings. The lowest BCUT2D eigenvalue weighted by atomic mass is 9.89. The molecular weight excluding hydrogens is 703 g/mol. The number of benzene rings is 10. The highest BCUT2D eigenvalue weighted by Gasteiger charge is 2.21. The van der Waals surface area contributed by atoms with Gasteiger partial charge in [-0.3, -0.25) is 0 Å². The zero-order valence-corrected chi connectivity index (χ0v) is 31.7. The summed E-state index contributed by atoms with van der Waals surface area (Å²) >= 11 is 0. The van der Waals surface area contributed by atoms with Crippen molar-refractivity contribution in [1.82, 2.24) is 0 Å². The monoisotopic (exact) mass is 739 g/mol. The summed E-state index contributed by atoms with van der Waals surface area (Å²) in [6, 6.07) is 80.7. The number of furan rings is 1. The first-order valence-corrected chi connectivity index (χ1v) is 19.8. The van der Waals surface area contributed by atoms with Gasteiger partial charge in [-0.25, -0.2) is 0 Å². The second kappa shape index (κ2) is 14.1. The largest absolute Gasteiger partial charge is 0.455 e. The van der Waals surface area contributed by atoms with E-state index in [9.17, 15) is 0 Å². The summed E-state index contributed by atoms with van der Waals surface area (Å²) in [5, 5.41) is 6.96. The van der Waals surface area contributed by atoms with Crippen molar-refractivity contribution in [3.05, 3.63) is 224 Å². The molecule has 0 amide bonds. The maximum Gasteiger partial charge on any atom is 0.143 e. The van der Waals surface area contributed by atoms with Gasteiger partial charge in [-0.15, -0.1) is 0 Å². The molecule has 0 unspecified atom stereocenters. The van der Waals surface area contributed by atoms with Crippen LogP contribution in [0.2, 0.25) is 0 Å². The fraction of sp³-hybridized carbons (Fsp3) is 0. The van der Waals surface area contributed by atoms with Gasteiger partial charge in [-0.2, -0.15) is 0 Å². The third-order valence-electron chi connectivity index (χ3n) is 11.5. The Hall–Kier alpha value is -7.68. The van der Waals surface area contributed by atoms with E-state index in [0.29, 0.717) is 0 Å². The van der Waals surface area contributed by atoms with Crippen molar-refractivity contribution < 1.29 is 4.42 Å². The molecule has 0 N–H and O–H groups in total. The first-order valence-electron chi connectivity index (χ1n) is 19.8. The molecule has 0 bridgehead atoms. The molecule has 11 aromatic rings. The van der Waals surface area contributed by atoms with Gasteiger partial charge in [-0.1, -0.05) is 176 Å². The Bertz CT molecular complexity index is 3170. The van der Waals surface area contributed by atoms with Gasteiger partial charge in [0.15, 0.2) is 0 Å². The van der Waals surface area contributed by atoms with Gasteiger partial charge in [0.25, 0.3) is 0 Å². The number of nitrogens with zero attached hydrogens (tertiary/aromatic N) is 1. The van der Waals surface area contributed by atoms with Gasteiger partial charge >= 0.3 is 0 Å². The predicted octanol–water partition coefficient (Wildman–Crippen LogP) is 16.0. The quantitative estimate of drug-likeness (QED) is 0.162. The van der Waals surface area contributed by atoms with Crippen molar-refractivity contribution in [2.24, 2.45) is 0 Å². The van der Waals surface area contributed by atoms with Crippen LogP contribution in [0, 0.1) is 0 Å². The molecule has 272 valence electrons. The van der Waals surface area contributed by atoms with Crippen LogP contribution in [0.1, 0.15) is 0 Å². The highest BCUT2D eigenvalue weighted by molar-refractivity contribution is 6.20. The molecule has 1 heterocycles. The SMILES string of the molecule is c1ccc(-c2ccc(N(c3ccc(-c4ccccc4)cc3)c3ccc(-c4cccc5oc6c7ccccc7ccc6c45)c(-c4cccc5ccccc45)c3)cc2)cc1. The molecule has 0 fully saturated rings. The highest BCUT2D eigenvalue weighted by Crippen LogP contribution is 2.46. The minimum Gasteiger partial charge on any atom is -0.455 e. The van der Waals surface area contributed by atoms with E-state index in [2.05, 4.69) is 229 Å².